The number of rotatable bonds is 15. The number of fused-ring (bicyclic) bond motifs is 4. The lowest BCUT2D eigenvalue weighted by Gasteiger charge is -2.29. The molecule has 0 radical (unpaired) electrons. The van der Waals surface area contributed by atoms with Crippen LogP contribution in [0.4, 0.5) is 0 Å². The average molecular weight is 1000 g/mol. The number of carboxylic acid groups (broad SMARTS) is 1. The molecule has 4 atom stereocenters. The molecule has 1 aliphatic carbocycles. The minimum Gasteiger partial charge on any atom is -0.494 e. The van der Waals surface area contributed by atoms with E-state index < -0.39 is 33.9 Å². The molecule has 4 aromatic carbocycles. The molecule has 16 nitrogen and oxygen atoms in total. The van der Waals surface area contributed by atoms with Crippen LogP contribution in [0.5, 0.6) is 5.75 Å². The van der Waals surface area contributed by atoms with Gasteiger partial charge in [0.1, 0.15) is 34.2 Å². The summed E-state index contributed by atoms with van der Waals surface area (Å²) in [5.41, 5.74) is 8.13. The molecule has 1 N–H and O–H groups in total. The lowest BCUT2D eigenvalue weighted by molar-refractivity contribution is -0.141. The first kappa shape index (κ1) is 48.4. The molecule has 3 aromatic heterocycles. The second-order valence-electron chi connectivity index (χ2n) is 18.0. The van der Waals surface area contributed by atoms with E-state index in [1.807, 2.05) is 66.9 Å². The number of methoxy groups -OCH3 is 2. The summed E-state index contributed by atoms with van der Waals surface area (Å²) in [4.78, 5) is 45.3. The molecule has 1 fully saturated rings. The molecule has 3 unspecified atom stereocenters. The van der Waals surface area contributed by atoms with Crippen LogP contribution in [0, 0.1) is 19.8 Å². The van der Waals surface area contributed by atoms with Crippen LogP contribution in [-0.2, 0) is 37.9 Å². The molecule has 9 rings (SSSR count). The fourth-order valence-electron chi connectivity index (χ4n) is 9.84. The Bertz CT molecular complexity index is 3310. The van der Waals surface area contributed by atoms with Gasteiger partial charge in [-0.2, -0.15) is 4.31 Å². The number of ether oxygens (including phenoxy) is 2. The highest BCUT2D eigenvalue weighted by Gasteiger charge is 2.36. The molecule has 0 amide bonds. The first-order valence-electron chi connectivity index (χ1n) is 22.8. The van der Waals surface area contributed by atoms with Crippen molar-refractivity contribution < 1.29 is 37.4 Å². The Kier molecular flexibility index (Phi) is 13.6. The van der Waals surface area contributed by atoms with Crippen molar-refractivity contribution in [3.63, 3.8) is 0 Å². The Morgan fingerprint density at radius 1 is 0.971 bits per heavy atom. The molecule has 362 valence electrons. The number of ketones is 1. The maximum absolute atomic E-state index is 14.7. The number of thiophene rings is 1. The number of hydrogen-bond donors (Lipinski definition) is 1. The van der Waals surface area contributed by atoms with Gasteiger partial charge in [-0.25, -0.2) is 13.1 Å². The number of aryl methyl sites for hydroxylation is 2. The SMILES string of the molecule is COC(=O)C[C@@H]1N=C(c2ccc(Cl)cc2)c2c(sc(C(=O)C3CCCC(c4ccc(S(=O)(=O)N(C)Cc5cc(C(CC(=O)O)c6cc(OC)c7c(c6)nnn7C)ccc5C)cc4)C3)c2C)-n2cnnc21. The summed E-state index contributed by atoms with van der Waals surface area (Å²) >= 11 is 7.66. The Morgan fingerprint density at radius 2 is 1.73 bits per heavy atom. The number of Topliss-reactive ketones (excluding diaryl/α,β-unsaturated/α-hetero) is 1. The van der Waals surface area contributed by atoms with Crippen LogP contribution in [0.2, 0.25) is 5.02 Å². The molecule has 7 aromatic rings. The smallest absolute Gasteiger partial charge is 0.308 e. The van der Waals surface area contributed by atoms with Crippen LogP contribution in [0.1, 0.15) is 116 Å². The first-order valence-corrected chi connectivity index (χ1v) is 25.4. The van der Waals surface area contributed by atoms with Crippen LogP contribution in [-0.4, -0.2) is 92.3 Å². The summed E-state index contributed by atoms with van der Waals surface area (Å²) in [6, 6.07) is 22.8. The number of hydrogen-bond acceptors (Lipinski definition) is 13. The van der Waals surface area contributed by atoms with E-state index in [0.29, 0.717) is 62.2 Å². The number of carboxylic acids is 1. The van der Waals surface area contributed by atoms with E-state index in [4.69, 9.17) is 26.1 Å². The van der Waals surface area contributed by atoms with Crippen molar-refractivity contribution in [3.05, 3.63) is 145 Å². The maximum atomic E-state index is 14.7. The minimum absolute atomic E-state index is 0.0313. The summed E-state index contributed by atoms with van der Waals surface area (Å²) in [7, 11) is 2.21. The van der Waals surface area contributed by atoms with E-state index in [9.17, 15) is 27.9 Å². The van der Waals surface area contributed by atoms with Crippen LogP contribution in [0.15, 0.2) is 95.1 Å². The van der Waals surface area contributed by atoms with E-state index in [1.165, 1.54) is 36.9 Å². The predicted octanol–water partition coefficient (Wildman–Crippen LogP) is 8.93. The standard InChI is InChI=1S/C51H51ClN8O8S2/c1-28-10-11-33(39(24-43(61)62)35-22-40-47(42(23-35)67-5)59(4)57-55-40)21-36(28)26-58(3)70(65,66)38-18-14-30(15-19-38)32-8-7-9-34(20-32)48(64)49-29(2)45-46(31-12-16-37(52)17-13-31)54-41(25-44(63)68-6)50-56-53-27-60(50)51(45)69-49/h10-19,21-23,27,32,34,39,41H,7-9,20,24-26H2,1-6H3,(H,61,62)/t32?,34?,39?,41-/m0/s1. The highest BCUT2D eigenvalue weighted by atomic mass is 35.5. The fourth-order valence-corrected chi connectivity index (χ4v) is 12.4. The van der Waals surface area contributed by atoms with Gasteiger partial charge >= 0.3 is 11.9 Å². The van der Waals surface area contributed by atoms with Gasteiger partial charge in [-0.1, -0.05) is 65.7 Å². The van der Waals surface area contributed by atoms with E-state index >= 15 is 0 Å². The average Bonchev–Trinajstić information content (AvgIpc) is 4.07. The summed E-state index contributed by atoms with van der Waals surface area (Å²) < 4.78 is 43.7. The zero-order valence-corrected chi connectivity index (χ0v) is 41.8. The normalized spacial score (nSPS) is 17.4. The largest absolute Gasteiger partial charge is 0.494 e. The number of esters is 1. The van der Waals surface area contributed by atoms with Crippen molar-refractivity contribution in [3.8, 4) is 10.8 Å². The van der Waals surface area contributed by atoms with Gasteiger partial charge in [0.15, 0.2) is 11.6 Å². The fraction of sp³-hybridized carbons (Fsp3) is 0.333. The van der Waals surface area contributed by atoms with Gasteiger partial charge in [-0.15, -0.1) is 26.6 Å². The number of aliphatic carboxylic acids is 1. The third kappa shape index (κ3) is 9.28. The second kappa shape index (κ2) is 19.7. The Hall–Kier alpha value is -6.60. The number of carbonyl (C=O) groups excluding carboxylic acids is 2. The van der Waals surface area contributed by atoms with E-state index in [1.54, 1.807) is 48.4 Å². The summed E-state index contributed by atoms with van der Waals surface area (Å²) in [6.45, 7) is 3.88. The quantitative estimate of drug-likeness (QED) is 0.0756. The van der Waals surface area contributed by atoms with Gasteiger partial charge < -0.3 is 14.6 Å². The lowest BCUT2D eigenvalue weighted by atomic mass is 9.76. The molecule has 1 saturated carbocycles. The van der Waals surface area contributed by atoms with Crippen molar-refractivity contribution in [2.24, 2.45) is 18.0 Å². The molecule has 2 aliphatic rings. The zero-order chi connectivity index (χ0) is 49.6. The first-order chi connectivity index (χ1) is 33.6. The molecule has 19 heteroatoms. The Balaban J connectivity index is 0.934. The van der Waals surface area contributed by atoms with Gasteiger partial charge in [0.2, 0.25) is 10.0 Å². The Morgan fingerprint density at radius 3 is 2.44 bits per heavy atom. The molecular formula is C51H51ClN8O8S2. The summed E-state index contributed by atoms with van der Waals surface area (Å²) in [5.74, 6) is -1.24. The molecule has 0 spiro atoms. The minimum atomic E-state index is -3.96. The predicted molar refractivity (Wildman–Crippen MR) is 265 cm³/mol. The van der Waals surface area contributed by atoms with Crippen LogP contribution in [0.3, 0.4) is 0 Å². The number of halogens is 1. The number of sulfonamides is 1. The lowest BCUT2D eigenvalue weighted by Crippen LogP contribution is -2.27. The summed E-state index contributed by atoms with van der Waals surface area (Å²) in [6.07, 6.45) is 4.32. The Labute approximate surface area is 414 Å². The third-order valence-corrected chi connectivity index (χ3v) is 17.0. The van der Waals surface area contributed by atoms with Crippen LogP contribution in [0.25, 0.3) is 16.0 Å². The van der Waals surface area contributed by atoms with Crippen molar-refractivity contribution in [1.82, 2.24) is 34.1 Å². The van der Waals surface area contributed by atoms with E-state index in [0.717, 1.165) is 51.2 Å². The van der Waals surface area contributed by atoms with Crippen molar-refractivity contribution in [2.75, 3.05) is 21.3 Å². The van der Waals surface area contributed by atoms with Gasteiger partial charge in [0.05, 0.1) is 42.5 Å². The van der Waals surface area contributed by atoms with Crippen LogP contribution >= 0.6 is 22.9 Å². The van der Waals surface area contributed by atoms with E-state index in [2.05, 4.69) is 20.5 Å². The van der Waals surface area contributed by atoms with Gasteiger partial charge in [0.25, 0.3) is 0 Å². The van der Waals surface area contributed by atoms with Gasteiger partial charge in [-0.05, 0) is 109 Å². The number of nitrogens with zero attached hydrogens (tertiary/aromatic N) is 8. The highest BCUT2D eigenvalue weighted by Crippen LogP contribution is 2.44. The number of benzene rings is 4. The van der Waals surface area contributed by atoms with Gasteiger partial charge in [-0.3, -0.25) is 23.9 Å². The van der Waals surface area contributed by atoms with Crippen molar-refractivity contribution in [2.45, 2.75) is 81.7 Å². The highest BCUT2D eigenvalue weighted by molar-refractivity contribution is 7.89. The molecular weight excluding hydrogens is 952 g/mol. The van der Waals surface area contributed by atoms with Crippen molar-refractivity contribution >= 4 is 67.4 Å². The number of aromatic nitrogens is 6. The monoisotopic (exact) mass is 1000 g/mol. The zero-order valence-electron chi connectivity index (χ0n) is 39.4. The van der Waals surface area contributed by atoms with Gasteiger partial charge in [0, 0.05) is 48.6 Å². The summed E-state index contributed by atoms with van der Waals surface area (Å²) in [5, 5.41) is 28.2. The third-order valence-electron chi connectivity index (χ3n) is 13.6. The molecule has 0 saturated heterocycles. The second-order valence-corrected chi connectivity index (χ2v) is 21.5. The van der Waals surface area contributed by atoms with Crippen molar-refractivity contribution in [1.29, 1.82) is 0 Å². The molecule has 70 heavy (non-hydrogen) atoms. The van der Waals surface area contributed by atoms with E-state index in [-0.39, 0.29) is 41.9 Å². The number of carbonyl (C=O) groups is 3. The maximum Gasteiger partial charge on any atom is 0.308 e. The topological polar surface area (TPSA) is 201 Å². The molecule has 1 aliphatic heterocycles. The molecule has 4 heterocycles. The van der Waals surface area contributed by atoms with Crippen LogP contribution < -0.4 is 4.74 Å². The number of aliphatic imine (C=N–C) groups is 1. The molecule has 0 bridgehead atoms.